The molecule has 102 valence electrons. The fourth-order valence-corrected chi connectivity index (χ4v) is 2.62. The van der Waals surface area contributed by atoms with Crippen molar-refractivity contribution in [2.75, 3.05) is 19.7 Å². The largest absolute Gasteiger partial charge is 0.445 e. The first-order valence-corrected chi connectivity index (χ1v) is 6.55. The third kappa shape index (κ3) is 2.31. The zero-order chi connectivity index (χ0) is 13.3. The molecule has 1 amide bonds. The lowest BCUT2D eigenvalue weighted by Gasteiger charge is -2.48. The Labute approximate surface area is 112 Å². The summed E-state index contributed by atoms with van der Waals surface area (Å²) in [5, 5.41) is 0. The average molecular weight is 262 g/mol. The zero-order valence-electron chi connectivity index (χ0n) is 10.7. The van der Waals surface area contributed by atoms with Crippen LogP contribution in [0.25, 0.3) is 0 Å². The molecular weight excluding hydrogens is 244 g/mol. The number of rotatable bonds is 2. The Balaban J connectivity index is 1.48. The molecule has 0 saturated carbocycles. The van der Waals surface area contributed by atoms with E-state index in [2.05, 4.69) is 0 Å². The molecule has 2 aliphatic heterocycles. The van der Waals surface area contributed by atoms with Gasteiger partial charge in [0.1, 0.15) is 12.2 Å². The summed E-state index contributed by atoms with van der Waals surface area (Å²) >= 11 is 0. The third-order valence-electron chi connectivity index (χ3n) is 3.87. The van der Waals surface area contributed by atoms with Gasteiger partial charge in [0.25, 0.3) is 0 Å². The molecule has 1 atom stereocenters. The molecule has 1 aromatic carbocycles. The molecule has 1 spiro atoms. The highest BCUT2D eigenvalue weighted by Gasteiger charge is 2.53. The fourth-order valence-electron chi connectivity index (χ4n) is 2.62. The van der Waals surface area contributed by atoms with Crippen LogP contribution < -0.4 is 5.73 Å². The number of benzene rings is 1. The summed E-state index contributed by atoms with van der Waals surface area (Å²) in [7, 11) is 0. The lowest BCUT2D eigenvalue weighted by atomic mass is 9.87. The van der Waals surface area contributed by atoms with Crippen LogP contribution >= 0.6 is 0 Å². The van der Waals surface area contributed by atoms with Crippen molar-refractivity contribution >= 4 is 6.09 Å². The van der Waals surface area contributed by atoms with Crippen molar-refractivity contribution in [3.05, 3.63) is 35.9 Å². The van der Waals surface area contributed by atoms with Crippen molar-refractivity contribution in [3.63, 3.8) is 0 Å². The second-order valence-electron chi connectivity index (χ2n) is 5.20. The van der Waals surface area contributed by atoms with Crippen molar-refractivity contribution in [2.45, 2.75) is 24.7 Å². The van der Waals surface area contributed by atoms with Gasteiger partial charge in [-0.25, -0.2) is 4.79 Å². The molecule has 19 heavy (non-hydrogen) atoms. The Morgan fingerprint density at radius 2 is 2.16 bits per heavy atom. The molecule has 5 heteroatoms. The Bertz CT molecular complexity index is 457. The van der Waals surface area contributed by atoms with Gasteiger partial charge in [-0.1, -0.05) is 30.3 Å². The molecule has 2 saturated heterocycles. The molecule has 0 aromatic heterocycles. The van der Waals surface area contributed by atoms with E-state index in [1.807, 2.05) is 30.3 Å². The maximum atomic E-state index is 11.9. The monoisotopic (exact) mass is 262 g/mol. The van der Waals surface area contributed by atoms with Gasteiger partial charge in [-0.05, 0) is 12.0 Å². The fraction of sp³-hybridized carbons (Fsp3) is 0.500. The van der Waals surface area contributed by atoms with E-state index < -0.39 is 0 Å². The maximum absolute atomic E-state index is 11.9. The highest BCUT2D eigenvalue weighted by molar-refractivity contribution is 5.69. The van der Waals surface area contributed by atoms with E-state index in [-0.39, 0.29) is 17.7 Å². The Morgan fingerprint density at radius 3 is 2.79 bits per heavy atom. The molecule has 0 bridgehead atoms. The number of carbonyl (C=O) groups is 1. The molecule has 0 radical (unpaired) electrons. The highest BCUT2D eigenvalue weighted by Crippen LogP contribution is 2.34. The highest BCUT2D eigenvalue weighted by atomic mass is 16.6. The second-order valence-corrected chi connectivity index (χ2v) is 5.20. The molecule has 5 nitrogen and oxygen atoms in total. The number of carbonyl (C=O) groups excluding carboxylic acids is 1. The van der Waals surface area contributed by atoms with E-state index in [1.54, 1.807) is 4.90 Å². The number of hydrogen-bond donors (Lipinski definition) is 1. The van der Waals surface area contributed by atoms with Crippen molar-refractivity contribution in [3.8, 4) is 0 Å². The molecule has 2 aliphatic rings. The smallest absolute Gasteiger partial charge is 0.410 e. The number of ether oxygens (including phenoxy) is 2. The van der Waals surface area contributed by atoms with E-state index in [9.17, 15) is 4.79 Å². The van der Waals surface area contributed by atoms with Crippen molar-refractivity contribution in [1.82, 2.24) is 4.90 Å². The summed E-state index contributed by atoms with van der Waals surface area (Å²) in [6.07, 6.45) is 0.574. The number of nitrogens with two attached hydrogens (primary N) is 1. The topological polar surface area (TPSA) is 64.8 Å². The van der Waals surface area contributed by atoms with Gasteiger partial charge in [-0.3, -0.25) is 0 Å². The van der Waals surface area contributed by atoms with Crippen LogP contribution in [0.2, 0.25) is 0 Å². The SMILES string of the molecule is NC1CCOC12CN(C(=O)OCc1ccccc1)C2. The predicted molar refractivity (Wildman–Crippen MR) is 69.5 cm³/mol. The summed E-state index contributed by atoms with van der Waals surface area (Å²) in [4.78, 5) is 13.5. The first kappa shape index (κ1) is 12.4. The van der Waals surface area contributed by atoms with E-state index in [4.69, 9.17) is 15.2 Å². The van der Waals surface area contributed by atoms with Gasteiger partial charge in [0.15, 0.2) is 0 Å². The number of likely N-dealkylation sites (tertiary alicyclic amines) is 1. The van der Waals surface area contributed by atoms with E-state index >= 15 is 0 Å². The van der Waals surface area contributed by atoms with E-state index in [0.717, 1.165) is 12.0 Å². The zero-order valence-corrected chi connectivity index (χ0v) is 10.7. The molecule has 1 aromatic rings. The molecule has 3 rings (SSSR count). The van der Waals surface area contributed by atoms with Gasteiger partial charge in [-0.15, -0.1) is 0 Å². The van der Waals surface area contributed by atoms with Crippen LogP contribution in [0.15, 0.2) is 30.3 Å². The average Bonchev–Trinajstić information content (AvgIpc) is 2.77. The van der Waals surface area contributed by atoms with Gasteiger partial charge in [0.05, 0.1) is 13.1 Å². The van der Waals surface area contributed by atoms with Gasteiger partial charge < -0.3 is 20.1 Å². The Kier molecular flexibility index (Phi) is 3.16. The van der Waals surface area contributed by atoms with E-state index in [0.29, 0.717) is 26.3 Å². The summed E-state index contributed by atoms with van der Waals surface area (Å²) in [6.45, 7) is 2.08. The first-order chi connectivity index (χ1) is 9.20. The molecule has 2 fully saturated rings. The second kappa shape index (κ2) is 4.83. The van der Waals surface area contributed by atoms with Crippen molar-refractivity contribution in [1.29, 1.82) is 0 Å². The van der Waals surface area contributed by atoms with Gasteiger partial charge in [0, 0.05) is 12.6 Å². The van der Waals surface area contributed by atoms with Crippen LogP contribution in [0.3, 0.4) is 0 Å². The van der Waals surface area contributed by atoms with Crippen LogP contribution in [-0.2, 0) is 16.1 Å². The molecule has 1 unspecified atom stereocenters. The minimum atomic E-state index is -0.314. The standard InChI is InChI=1S/C14H18N2O3/c15-12-6-7-19-14(12)9-16(10-14)13(17)18-8-11-4-2-1-3-5-11/h1-5,12H,6-10,15H2. The van der Waals surface area contributed by atoms with Crippen molar-refractivity contribution in [2.24, 2.45) is 5.73 Å². The molecule has 0 aliphatic carbocycles. The lowest BCUT2D eigenvalue weighted by Crippen LogP contribution is -2.69. The first-order valence-electron chi connectivity index (χ1n) is 6.55. The van der Waals surface area contributed by atoms with Gasteiger partial charge in [-0.2, -0.15) is 0 Å². The minimum absolute atomic E-state index is 0.0330. The quantitative estimate of drug-likeness (QED) is 0.867. The van der Waals surface area contributed by atoms with E-state index in [1.165, 1.54) is 0 Å². The summed E-state index contributed by atoms with van der Waals surface area (Å²) in [6, 6.07) is 9.68. The molecule has 2 N–H and O–H groups in total. The normalized spacial score (nSPS) is 24.3. The van der Waals surface area contributed by atoms with Crippen LogP contribution in [-0.4, -0.2) is 42.3 Å². The molecule has 2 heterocycles. The van der Waals surface area contributed by atoms with Crippen LogP contribution in [0.1, 0.15) is 12.0 Å². The third-order valence-corrected chi connectivity index (χ3v) is 3.87. The van der Waals surface area contributed by atoms with Crippen molar-refractivity contribution < 1.29 is 14.3 Å². The summed E-state index contributed by atoms with van der Waals surface area (Å²) in [5.74, 6) is 0. The lowest BCUT2D eigenvalue weighted by molar-refractivity contribution is -0.109. The number of hydrogen-bond acceptors (Lipinski definition) is 4. The van der Waals surface area contributed by atoms with Crippen LogP contribution in [0.5, 0.6) is 0 Å². The van der Waals surface area contributed by atoms with Crippen LogP contribution in [0, 0.1) is 0 Å². The Hall–Kier alpha value is -1.59. The number of nitrogens with zero attached hydrogens (tertiary/aromatic N) is 1. The van der Waals surface area contributed by atoms with Gasteiger partial charge in [0.2, 0.25) is 0 Å². The molecular formula is C14H18N2O3. The van der Waals surface area contributed by atoms with Crippen LogP contribution in [0.4, 0.5) is 4.79 Å². The summed E-state index contributed by atoms with van der Waals surface area (Å²) < 4.78 is 10.9. The van der Waals surface area contributed by atoms with Gasteiger partial charge >= 0.3 is 6.09 Å². The Morgan fingerprint density at radius 1 is 1.42 bits per heavy atom. The predicted octanol–water partition coefficient (Wildman–Crippen LogP) is 1.13. The summed E-state index contributed by atoms with van der Waals surface area (Å²) in [5.41, 5.74) is 6.67. The minimum Gasteiger partial charge on any atom is -0.445 e. The maximum Gasteiger partial charge on any atom is 0.410 e. The number of amides is 1.